The van der Waals surface area contributed by atoms with E-state index in [-0.39, 0.29) is 23.7 Å². The number of nitrogens with zero attached hydrogens (tertiary/aromatic N) is 1. The highest BCUT2D eigenvalue weighted by Gasteiger charge is 2.27. The van der Waals surface area contributed by atoms with Gasteiger partial charge in [-0.05, 0) is 31.4 Å². The standard InChI is InChI=1S/C25H35N3O5S/c1-15(2)20(26-5)13-22(33-17(4)29)24-28-21(14-34-24)23(30)27-19(11-16(3)25(31)32)12-18-9-7-6-8-10-18/h6-10,14-16,19-20,22,26H,11-13H2,1-5H3,(H,27,30)(H,31,32)/t16-,19+,20-,22-/m0/s1. The monoisotopic (exact) mass is 489 g/mol. The molecule has 0 aliphatic carbocycles. The van der Waals surface area contributed by atoms with Crippen molar-refractivity contribution in [2.24, 2.45) is 11.8 Å². The molecule has 0 unspecified atom stereocenters. The van der Waals surface area contributed by atoms with Gasteiger partial charge in [-0.2, -0.15) is 0 Å². The Labute approximate surface area is 205 Å². The number of rotatable bonds is 13. The molecule has 1 aromatic heterocycles. The molecule has 2 rings (SSSR count). The summed E-state index contributed by atoms with van der Waals surface area (Å²) in [5, 5.41) is 17.7. The number of amides is 1. The Morgan fingerprint density at radius 3 is 2.35 bits per heavy atom. The molecule has 3 N–H and O–H groups in total. The number of aromatic nitrogens is 1. The maximum Gasteiger partial charge on any atom is 0.306 e. The van der Waals surface area contributed by atoms with Gasteiger partial charge in [0.25, 0.3) is 5.91 Å². The summed E-state index contributed by atoms with van der Waals surface area (Å²) in [6.45, 7) is 7.15. The lowest BCUT2D eigenvalue weighted by atomic mass is 9.96. The molecule has 0 saturated heterocycles. The van der Waals surface area contributed by atoms with E-state index in [1.807, 2.05) is 37.4 Å². The molecule has 2 aromatic rings. The van der Waals surface area contributed by atoms with Crippen LogP contribution in [0.1, 0.15) is 67.7 Å². The Balaban J connectivity index is 2.18. The largest absolute Gasteiger partial charge is 0.481 e. The van der Waals surface area contributed by atoms with Gasteiger partial charge in [0.05, 0.1) is 5.92 Å². The van der Waals surface area contributed by atoms with Gasteiger partial charge in [0.2, 0.25) is 0 Å². The van der Waals surface area contributed by atoms with Crippen LogP contribution in [0.5, 0.6) is 0 Å². The summed E-state index contributed by atoms with van der Waals surface area (Å²) in [4.78, 5) is 40.6. The number of hydrogen-bond donors (Lipinski definition) is 3. The molecule has 8 nitrogen and oxygen atoms in total. The summed E-state index contributed by atoms with van der Waals surface area (Å²) < 4.78 is 5.52. The molecule has 1 aromatic carbocycles. The first-order valence-electron chi connectivity index (χ1n) is 11.5. The molecule has 1 amide bonds. The zero-order valence-corrected chi connectivity index (χ0v) is 21.2. The van der Waals surface area contributed by atoms with Crippen molar-refractivity contribution in [3.8, 4) is 0 Å². The summed E-state index contributed by atoms with van der Waals surface area (Å²) >= 11 is 1.27. The quantitative estimate of drug-likeness (QED) is 0.366. The number of nitrogens with one attached hydrogen (secondary N) is 2. The SMILES string of the molecule is CN[C@@H](C[C@H](OC(C)=O)c1nc(C(=O)N[C@@H](Cc2ccccc2)C[C@H](C)C(=O)O)cs1)C(C)C. The van der Waals surface area contributed by atoms with Crippen molar-refractivity contribution in [3.05, 3.63) is 52.0 Å². The zero-order chi connectivity index (χ0) is 25.3. The highest BCUT2D eigenvalue weighted by molar-refractivity contribution is 7.09. The Morgan fingerprint density at radius 2 is 1.79 bits per heavy atom. The third kappa shape index (κ3) is 8.53. The van der Waals surface area contributed by atoms with Gasteiger partial charge in [-0.1, -0.05) is 51.1 Å². The Hall–Kier alpha value is -2.78. The molecular weight excluding hydrogens is 454 g/mol. The van der Waals surface area contributed by atoms with Gasteiger partial charge in [0.1, 0.15) is 10.7 Å². The molecule has 1 heterocycles. The van der Waals surface area contributed by atoms with Gasteiger partial charge in [-0.25, -0.2) is 4.98 Å². The molecule has 9 heteroatoms. The molecular formula is C25H35N3O5S. The predicted octanol–water partition coefficient (Wildman–Crippen LogP) is 3.83. The molecule has 0 spiro atoms. The minimum Gasteiger partial charge on any atom is -0.481 e. The van der Waals surface area contributed by atoms with Crippen molar-refractivity contribution < 1.29 is 24.2 Å². The Kier molecular flexibility index (Phi) is 10.7. The van der Waals surface area contributed by atoms with E-state index in [1.54, 1.807) is 12.3 Å². The van der Waals surface area contributed by atoms with Crippen LogP contribution in [0.4, 0.5) is 0 Å². The first-order chi connectivity index (χ1) is 16.1. The fourth-order valence-corrected chi connectivity index (χ4v) is 4.61. The smallest absolute Gasteiger partial charge is 0.306 e. The van der Waals surface area contributed by atoms with E-state index in [2.05, 4.69) is 29.5 Å². The molecule has 186 valence electrons. The maximum absolute atomic E-state index is 13.0. The number of benzene rings is 1. The molecule has 0 bridgehead atoms. The van der Waals surface area contributed by atoms with Gasteiger partial charge in [0, 0.05) is 30.8 Å². The van der Waals surface area contributed by atoms with Crippen LogP contribution in [0.3, 0.4) is 0 Å². The van der Waals surface area contributed by atoms with Crippen molar-refractivity contribution in [1.29, 1.82) is 0 Å². The van der Waals surface area contributed by atoms with Gasteiger partial charge in [0.15, 0.2) is 6.10 Å². The van der Waals surface area contributed by atoms with Crippen molar-refractivity contribution in [3.63, 3.8) is 0 Å². The molecule has 0 fully saturated rings. The second-order valence-corrected chi connectivity index (χ2v) is 9.77. The van der Waals surface area contributed by atoms with Crippen LogP contribution in [-0.2, 0) is 20.7 Å². The number of esters is 1. The average molecular weight is 490 g/mol. The third-order valence-electron chi connectivity index (χ3n) is 5.70. The van der Waals surface area contributed by atoms with E-state index in [4.69, 9.17) is 4.74 Å². The topological polar surface area (TPSA) is 118 Å². The van der Waals surface area contributed by atoms with E-state index in [1.165, 1.54) is 18.3 Å². The molecule has 0 radical (unpaired) electrons. The van der Waals surface area contributed by atoms with E-state index in [0.717, 1.165) is 5.56 Å². The number of carbonyl (C=O) groups is 3. The number of carbonyl (C=O) groups excluding carboxylic acids is 2. The van der Waals surface area contributed by atoms with Crippen LogP contribution in [0.25, 0.3) is 0 Å². The van der Waals surface area contributed by atoms with Crippen LogP contribution in [0.2, 0.25) is 0 Å². The number of carboxylic acid groups (broad SMARTS) is 1. The number of aliphatic carboxylic acids is 1. The van der Waals surface area contributed by atoms with E-state index < -0.39 is 24.0 Å². The second kappa shape index (κ2) is 13.2. The molecule has 4 atom stereocenters. The summed E-state index contributed by atoms with van der Waals surface area (Å²) in [6, 6.07) is 9.36. The van der Waals surface area contributed by atoms with Crippen LogP contribution >= 0.6 is 11.3 Å². The van der Waals surface area contributed by atoms with Crippen molar-refractivity contribution in [2.75, 3.05) is 7.05 Å². The average Bonchev–Trinajstić information content (AvgIpc) is 3.27. The molecule has 34 heavy (non-hydrogen) atoms. The Morgan fingerprint density at radius 1 is 1.12 bits per heavy atom. The van der Waals surface area contributed by atoms with Gasteiger partial charge >= 0.3 is 11.9 Å². The van der Waals surface area contributed by atoms with Gasteiger partial charge in [-0.3, -0.25) is 14.4 Å². The number of carboxylic acids is 1. The van der Waals surface area contributed by atoms with Gasteiger partial charge < -0.3 is 20.5 Å². The summed E-state index contributed by atoms with van der Waals surface area (Å²) in [6.07, 6.45) is 0.780. The minimum atomic E-state index is -0.906. The fourth-order valence-electron chi connectivity index (χ4n) is 3.77. The third-order valence-corrected chi connectivity index (χ3v) is 6.64. The maximum atomic E-state index is 13.0. The first kappa shape index (κ1) is 27.5. The first-order valence-corrected chi connectivity index (χ1v) is 12.4. The zero-order valence-electron chi connectivity index (χ0n) is 20.4. The normalized spacial score (nSPS) is 14.8. The molecule has 0 saturated carbocycles. The van der Waals surface area contributed by atoms with Gasteiger partial charge in [-0.15, -0.1) is 11.3 Å². The summed E-state index contributed by atoms with van der Waals surface area (Å²) in [5.41, 5.74) is 1.23. The number of hydrogen-bond acceptors (Lipinski definition) is 7. The Bertz CT molecular complexity index is 947. The fraction of sp³-hybridized carbons (Fsp3) is 0.520. The van der Waals surface area contributed by atoms with E-state index in [9.17, 15) is 19.5 Å². The van der Waals surface area contributed by atoms with Crippen molar-refractivity contribution in [1.82, 2.24) is 15.6 Å². The lowest BCUT2D eigenvalue weighted by molar-refractivity contribution is -0.147. The summed E-state index contributed by atoms with van der Waals surface area (Å²) in [7, 11) is 1.86. The lowest BCUT2D eigenvalue weighted by Gasteiger charge is -2.24. The number of ether oxygens (including phenoxy) is 1. The van der Waals surface area contributed by atoms with E-state index >= 15 is 0 Å². The van der Waals surface area contributed by atoms with Crippen molar-refractivity contribution >= 4 is 29.2 Å². The van der Waals surface area contributed by atoms with Crippen LogP contribution in [-0.4, -0.2) is 47.1 Å². The van der Waals surface area contributed by atoms with Crippen molar-refractivity contribution in [2.45, 2.75) is 65.1 Å². The second-order valence-electron chi connectivity index (χ2n) is 8.88. The number of thiazole rings is 1. The van der Waals surface area contributed by atoms with E-state index in [0.29, 0.717) is 30.2 Å². The predicted molar refractivity (Wildman–Crippen MR) is 132 cm³/mol. The van der Waals surface area contributed by atoms with Crippen LogP contribution < -0.4 is 10.6 Å². The minimum absolute atomic E-state index is 0.110. The summed E-state index contributed by atoms with van der Waals surface area (Å²) in [5.74, 6) is -1.98. The van der Waals surface area contributed by atoms with Crippen LogP contribution in [0, 0.1) is 11.8 Å². The highest BCUT2D eigenvalue weighted by atomic mass is 32.1. The molecule has 0 aliphatic rings. The molecule has 0 aliphatic heterocycles. The van der Waals surface area contributed by atoms with Crippen LogP contribution in [0.15, 0.2) is 35.7 Å². The highest BCUT2D eigenvalue weighted by Crippen LogP contribution is 2.28. The lowest BCUT2D eigenvalue weighted by Crippen LogP contribution is -2.38.